The van der Waals surface area contributed by atoms with E-state index in [1.165, 1.54) is 0 Å². The molecular formula is C12H18N2O6. The molecule has 1 amide bonds. The average molecular weight is 286 g/mol. The van der Waals surface area contributed by atoms with Crippen molar-refractivity contribution in [1.82, 2.24) is 4.98 Å². The number of primary amides is 1. The van der Waals surface area contributed by atoms with Crippen LogP contribution in [0.4, 0.5) is 0 Å². The zero-order valence-corrected chi connectivity index (χ0v) is 10.9. The van der Waals surface area contributed by atoms with Gasteiger partial charge in [0.2, 0.25) is 0 Å². The van der Waals surface area contributed by atoms with Crippen molar-refractivity contribution in [1.29, 1.82) is 0 Å². The van der Waals surface area contributed by atoms with Crippen LogP contribution in [0.5, 0.6) is 0 Å². The number of nitrogens with zero attached hydrogens (tertiary/aromatic N) is 1. The fourth-order valence-corrected chi connectivity index (χ4v) is 1.62. The lowest BCUT2D eigenvalue weighted by molar-refractivity contribution is -0.132. The van der Waals surface area contributed by atoms with Gasteiger partial charge in [0.1, 0.15) is 24.0 Å². The van der Waals surface area contributed by atoms with Crippen molar-refractivity contribution >= 4 is 5.91 Å². The van der Waals surface area contributed by atoms with Gasteiger partial charge in [-0.1, -0.05) is 6.07 Å². The zero-order chi connectivity index (χ0) is 15.3. The van der Waals surface area contributed by atoms with Crippen molar-refractivity contribution in [3.05, 3.63) is 29.6 Å². The second kappa shape index (κ2) is 7.27. The second-order valence-corrected chi connectivity index (χ2v) is 4.26. The van der Waals surface area contributed by atoms with E-state index in [0.29, 0.717) is 5.69 Å². The molecule has 6 N–H and O–H groups in total. The topological polar surface area (TPSA) is 146 Å². The summed E-state index contributed by atoms with van der Waals surface area (Å²) in [4.78, 5) is 14.4. The molecule has 20 heavy (non-hydrogen) atoms. The lowest BCUT2D eigenvalue weighted by Crippen LogP contribution is -2.33. The molecule has 8 nitrogen and oxygen atoms in total. The third kappa shape index (κ3) is 3.95. The maximum absolute atomic E-state index is 10.6. The molecule has 0 aliphatic carbocycles. The summed E-state index contributed by atoms with van der Waals surface area (Å²) in [6.45, 7) is 1.39. The minimum atomic E-state index is -1.38. The van der Waals surface area contributed by atoms with Crippen LogP contribution in [0.25, 0.3) is 0 Å². The Morgan fingerprint density at radius 1 is 1.40 bits per heavy atom. The van der Waals surface area contributed by atoms with E-state index in [2.05, 4.69) is 9.72 Å². The number of aromatic nitrogens is 1. The van der Waals surface area contributed by atoms with Crippen molar-refractivity contribution in [3.8, 4) is 0 Å². The zero-order valence-electron chi connectivity index (χ0n) is 10.9. The van der Waals surface area contributed by atoms with E-state index >= 15 is 0 Å². The molecule has 2 heterocycles. The van der Waals surface area contributed by atoms with Crippen molar-refractivity contribution in [2.75, 3.05) is 6.61 Å². The Morgan fingerprint density at radius 2 is 2.05 bits per heavy atom. The van der Waals surface area contributed by atoms with Crippen LogP contribution in [0.3, 0.4) is 0 Å². The van der Waals surface area contributed by atoms with E-state index in [-0.39, 0.29) is 0 Å². The second-order valence-electron chi connectivity index (χ2n) is 4.26. The molecule has 0 bridgehead atoms. The highest BCUT2D eigenvalue weighted by Gasteiger charge is 2.41. The molecular weight excluding hydrogens is 268 g/mol. The van der Waals surface area contributed by atoms with Crippen LogP contribution < -0.4 is 5.73 Å². The number of amides is 1. The number of aryl methyl sites for hydroxylation is 1. The molecule has 2 rings (SSSR count). The summed E-state index contributed by atoms with van der Waals surface area (Å²) >= 11 is 0. The first-order valence-electron chi connectivity index (χ1n) is 5.90. The Labute approximate surface area is 115 Å². The van der Waals surface area contributed by atoms with Crippen molar-refractivity contribution in [2.24, 2.45) is 5.73 Å². The predicted octanol–water partition coefficient (Wildman–Crippen LogP) is -2.09. The van der Waals surface area contributed by atoms with Gasteiger partial charge in [-0.3, -0.25) is 9.78 Å². The summed E-state index contributed by atoms with van der Waals surface area (Å²) in [6, 6.07) is 3.56. The number of pyridine rings is 1. The Hall–Kier alpha value is -1.58. The number of ether oxygens (including phenoxy) is 1. The molecule has 0 radical (unpaired) electrons. The third-order valence-corrected chi connectivity index (χ3v) is 2.76. The first kappa shape index (κ1) is 16.5. The number of rotatable bonds is 2. The van der Waals surface area contributed by atoms with Crippen LogP contribution in [0.1, 0.15) is 16.1 Å². The fraction of sp³-hybridized carbons (Fsp3) is 0.500. The van der Waals surface area contributed by atoms with Crippen molar-refractivity contribution in [3.63, 3.8) is 0 Å². The van der Waals surface area contributed by atoms with E-state index in [1.54, 1.807) is 25.3 Å². The minimum absolute atomic E-state index is 0.350. The number of aliphatic hydroxyl groups is 4. The monoisotopic (exact) mass is 286 g/mol. The van der Waals surface area contributed by atoms with Crippen LogP contribution in [-0.4, -0.2) is 62.5 Å². The first-order valence-corrected chi connectivity index (χ1v) is 5.90. The summed E-state index contributed by atoms with van der Waals surface area (Å²) in [5, 5.41) is 35.0. The van der Waals surface area contributed by atoms with Crippen LogP contribution in [0.2, 0.25) is 0 Å². The van der Waals surface area contributed by atoms with Crippen LogP contribution in [-0.2, 0) is 4.74 Å². The molecule has 1 fully saturated rings. The molecule has 1 aliphatic heterocycles. The molecule has 1 saturated heterocycles. The highest BCUT2D eigenvalue weighted by atomic mass is 16.6. The number of hydrogen-bond acceptors (Lipinski definition) is 7. The molecule has 1 aromatic rings. The molecule has 0 saturated carbocycles. The molecule has 0 spiro atoms. The van der Waals surface area contributed by atoms with E-state index in [0.717, 1.165) is 5.56 Å². The van der Waals surface area contributed by atoms with Gasteiger partial charge in [-0.2, -0.15) is 0 Å². The van der Waals surface area contributed by atoms with Gasteiger partial charge >= 0.3 is 0 Å². The summed E-state index contributed by atoms with van der Waals surface area (Å²) in [7, 11) is 0. The standard InChI is InChI=1S/C7H8N2O.C5H10O5/c1-5-3-2-4-9-6(5)7(8)10;6-1-2-3(7)4(8)5(9)10-2/h2-4H,1H3,(H2,8,10);2-9H,1H2/t;2-,3-,4-,5?/m.1/s1. The van der Waals surface area contributed by atoms with Crippen LogP contribution in [0, 0.1) is 6.92 Å². The number of carbonyl (C=O) groups is 1. The minimum Gasteiger partial charge on any atom is -0.394 e. The maximum Gasteiger partial charge on any atom is 0.267 e. The largest absolute Gasteiger partial charge is 0.394 e. The molecule has 1 aromatic heterocycles. The van der Waals surface area contributed by atoms with E-state index < -0.39 is 37.1 Å². The molecule has 1 aliphatic rings. The predicted molar refractivity (Wildman–Crippen MR) is 67.5 cm³/mol. The van der Waals surface area contributed by atoms with Gasteiger partial charge in [-0.05, 0) is 18.6 Å². The lowest BCUT2D eigenvalue weighted by atomic mass is 10.1. The SMILES string of the molecule is Cc1cccnc1C(N)=O.OC[C@H]1OC(O)[C@H](O)[C@@H]1O. The molecule has 8 heteroatoms. The quantitative estimate of drug-likeness (QED) is 0.419. The van der Waals surface area contributed by atoms with Gasteiger partial charge in [0.15, 0.2) is 6.29 Å². The number of hydrogen-bond donors (Lipinski definition) is 5. The average Bonchev–Trinajstić information content (AvgIpc) is 2.67. The lowest BCUT2D eigenvalue weighted by Gasteiger charge is -2.09. The normalized spacial score (nSPS) is 28.6. The Morgan fingerprint density at radius 3 is 2.35 bits per heavy atom. The number of nitrogens with two attached hydrogens (primary N) is 1. The van der Waals surface area contributed by atoms with E-state index in [9.17, 15) is 4.79 Å². The van der Waals surface area contributed by atoms with Crippen molar-refractivity contribution in [2.45, 2.75) is 31.5 Å². The van der Waals surface area contributed by atoms with E-state index in [1.807, 2.05) is 0 Å². The summed E-state index contributed by atoms with van der Waals surface area (Å²) in [6.07, 6.45) is -3.21. The highest BCUT2D eigenvalue weighted by Crippen LogP contribution is 2.18. The molecule has 4 atom stereocenters. The summed E-state index contributed by atoms with van der Waals surface area (Å²) < 4.78 is 4.54. The van der Waals surface area contributed by atoms with Gasteiger partial charge in [-0.25, -0.2) is 0 Å². The Bertz CT molecular complexity index is 455. The van der Waals surface area contributed by atoms with Gasteiger partial charge in [0, 0.05) is 6.20 Å². The van der Waals surface area contributed by atoms with E-state index in [4.69, 9.17) is 26.2 Å². The highest BCUT2D eigenvalue weighted by molar-refractivity contribution is 5.92. The van der Waals surface area contributed by atoms with Gasteiger partial charge in [0.05, 0.1) is 6.61 Å². The molecule has 0 aromatic carbocycles. The van der Waals surface area contributed by atoms with Crippen LogP contribution >= 0.6 is 0 Å². The fourth-order valence-electron chi connectivity index (χ4n) is 1.62. The summed E-state index contributed by atoms with van der Waals surface area (Å²) in [5.41, 5.74) is 6.18. The smallest absolute Gasteiger partial charge is 0.267 e. The van der Waals surface area contributed by atoms with Crippen molar-refractivity contribution < 1.29 is 30.0 Å². The summed E-state index contributed by atoms with van der Waals surface area (Å²) in [5.74, 6) is -0.474. The Kier molecular flexibility index (Phi) is 5.99. The van der Waals surface area contributed by atoms with Gasteiger partial charge in [0.25, 0.3) is 5.91 Å². The third-order valence-electron chi connectivity index (χ3n) is 2.76. The van der Waals surface area contributed by atoms with Crippen LogP contribution in [0.15, 0.2) is 18.3 Å². The Balaban J connectivity index is 0.000000200. The number of carbonyl (C=O) groups excluding carboxylic acids is 1. The first-order chi connectivity index (χ1) is 9.38. The number of aliphatic hydroxyl groups excluding tert-OH is 4. The maximum atomic E-state index is 10.6. The molecule has 1 unspecified atom stereocenters. The van der Waals surface area contributed by atoms with Gasteiger partial charge in [-0.15, -0.1) is 0 Å². The molecule has 112 valence electrons. The van der Waals surface area contributed by atoms with Gasteiger partial charge < -0.3 is 30.9 Å².